The van der Waals surface area contributed by atoms with Crippen molar-refractivity contribution in [3.63, 3.8) is 0 Å². The maximum Gasteiger partial charge on any atom is 0.228 e. The Balaban J connectivity index is 1.58. The molecule has 3 aromatic rings. The van der Waals surface area contributed by atoms with Crippen molar-refractivity contribution in [3.05, 3.63) is 71.5 Å². The number of methoxy groups -OCH3 is 1. The Morgan fingerprint density at radius 1 is 0.926 bits per heavy atom. The SMILES string of the molecule is COc1ccc(CC(=O)Nc2ccc(Nc3nc(C)cc(C)n3)cc2)cc1. The van der Waals surface area contributed by atoms with Gasteiger partial charge in [0.2, 0.25) is 11.9 Å². The first-order valence-corrected chi connectivity index (χ1v) is 8.64. The molecular weight excluding hydrogens is 340 g/mol. The van der Waals surface area contributed by atoms with Gasteiger partial charge in [0.05, 0.1) is 13.5 Å². The molecule has 1 heterocycles. The van der Waals surface area contributed by atoms with Crippen molar-refractivity contribution in [2.75, 3.05) is 17.7 Å². The molecule has 27 heavy (non-hydrogen) atoms. The maximum absolute atomic E-state index is 12.2. The van der Waals surface area contributed by atoms with E-state index in [0.717, 1.165) is 34.1 Å². The van der Waals surface area contributed by atoms with E-state index in [1.54, 1.807) is 7.11 Å². The molecule has 0 aliphatic carbocycles. The third-order valence-corrected chi connectivity index (χ3v) is 3.93. The molecular formula is C21H22N4O2. The normalized spacial score (nSPS) is 10.3. The molecule has 2 N–H and O–H groups in total. The Morgan fingerprint density at radius 2 is 1.52 bits per heavy atom. The number of carbonyl (C=O) groups is 1. The molecule has 0 aliphatic rings. The fourth-order valence-corrected chi connectivity index (χ4v) is 2.68. The monoisotopic (exact) mass is 362 g/mol. The van der Waals surface area contributed by atoms with Crippen molar-refractivity contribution in [1.82, 2.24) is 9.97 Å². The summed E-state index contributed by atoms with van der Waals surface area (Å²) in [7, 11) is 1.62. The highest BCUT2D eigenvalue weighted by atomic mass is 16.5. The fraction of sp³-hybridized carbons (Fsp3) is 0.190. The number of nitrogens with one attached hydrogen (secondary N) is 2. The lowest BCUT2D eigenvalue weighted by Gasteiger charge is -2.09. The second-order valence-electron chi connectivity index (χ2n) is 6.25. The molecule has 0 unspecified atom stereocenters. The number of hydrogen-bond donors (Lipinski definition) is 2. The highest BCUT2D eigenvalue weighted by molar-refractivity contribution is 5.92. The van der Waals surface area contributed by atoms with Crippen LogP contribution in [0.25, 0.3) is 0 Å². The van der Waals surface area contributed by atoms with Crippen LogP contribution in [0.15, 0.2) is 54.6 Å². The minimum atomic E-state index is -0.0708. The molecule has 1 amide bonds. The van der Waals surface area contributed by atoms with Crippen LogP contribution in [0.3, 0.4) is 0 Å². The van der Waals surface area contributed by atoms with E-state index in [4.69, 9.17) is 4.74 Å². The molecule has 0 bridgehead atoms. The number of carbonyl (C=O) groups excluding carboxylic acids is 1. The number of rotatable bonds is 6. The Bertz CT molecular complexity index is 902. The molecule has 6 nitrogen and oxygen atoms in total. The van der Waals surface area contributed by atoms with Crippen LogP contribution < -0.4 is 15.4 Å². The minimum Gasteiger partial charge on any atom is -0.497 e. The predicted molar refractivity (Wildman–Crippen MR) is 107 cm³/mol. The molecule has 0 fully saturated rings. The van der Waals surface area contributed by atoms with Gasteiger partial charge in [-0.3, -0.25) is 4.79 Å². The van der Waals surface area contributed by atoms with Crippen LogP contribution in [0.4, 0.5) is 17.3 Å². The van der Waals surface area contributed by atoms with Crippen LogP contribution in [0, 0.1) is 13.8 Å². The van der Waals surface area contributed by atoms with Crippen molar-refractivity contribution >= 4 is 23.2 Å². The van der Waals surface area contributed by atoms with E-state index in [1.807, 2.05) is 68.4 Å². The molecule has 0 atom stereocenters. The molecule has 0 aliphatic heterocycles. The van der Waals surface area contributed by atoms with Crippen LogP contribution in [0.1, 0.15) is 17.0 Å². The predicted octanol–water partition coefficient (Wildman–Crippen LogP) is 4.03. The van der Waals surface area contributed by atoms with Crippen LogP contribution in [-0.4, -0.2) is 23.0 Å². The van der Waals surface area contributed by atoms with Crippen LogP contribution >= 0.6 is 0 Å². The third kappa shape index (κ3) is 5.28. The molecule has 3 rings (SSSR count). The summed E-state index contributed by atoms with van der Waals surface area (Å²) in [5, 5.41) is 6.07. The van der Waals surface area contributed by atoms with Crippen molar-refractivity contribution in [2.45, 2.75) is 20.3 Å². The van der Waals surface area contributed by atoms with Gasteiger partial charge >= 0.3 is 0 Å². The molecule has 2 aromatic carbocycles. The summed E-state index contributed by atoms with van der Waals surface area (Å²) < 4.78 is 5.12. The Kier molecular flexibility index (Phi) is 5.66. The van der Waals surface area contributed by atoms with Crippen LogP contribution in [-0.2, 0) is 11.2 Å². The van der Waals surface area contributed by atoms with Gasteiger partial charge in [-0.15, -0.1) is 0 Å². The number of aryl methyl sites for hydroxylation is 2. The van der Waals surface area contributed by atoms with Crippen LogP contribution in [0.5, 0.6) is 5.75 Å². The van der Waals surface area contributed by atoms with Crippen molar-refractivity contribution < 1.29 is 9.53 Å². The first kappa shape index (κ1) is 18.4. The third-order valence-electron chi connectivity index (χ3n) is 3.93. The number of aromatic nitrogens is 2. The highest BCUT2D eigenvalue weighted by Gasteiger charge is 2.05. The van der Waals surface area contributed by atoms with Gasteiger partial charge in [-0.05, 0) is 61.9 Å². The average Bonchev–Trinajstić information content (AvgIpc) is 2.63. The van der Waals surface area contributed by atoms with Crippen molar-refractivity contribution in [2.24, 2.45) is 0 Å². The van der Waals surface area contributed by atoms with Gasteiger partial charge in [0, 0.05) is 22.8 Å². The minimum absolute atomic E-state index is 0.0708. The van der Waals surface area contributed by atoms with Gasteiger partial charge in [0.25, 0.3) is 0 Å². The lowest BCUT2D eigenvalue weighted by molar-refractivity contribution is -0.115. The van der Waals surface area contributed by atoms with E-state index >= 15 is 0 Å². The lowest BCUT2D eigenvalue weighted by atomic mass is 10.1. The quantitative estimate of drug-likeness (QED) is 0.692. The van der Waals surface area contributed by atoms with Gasteiger partial charge in [-0.25, -0.2) is 9.97 Å². The molecule has 0 saturated carbocycles. The van der Waals surface area contributed by atoms with E-state index in [-0.39, 0.29) is 5.91 Å². The number of ether oxygens (including phenoxy) is 1. The molecule has 0 radical (unpaired) electrons. The summed E-state index contributed by atoms with van der Waals surface area (Å²) in [6.45, 7) is 3.86. The van der Waals surface area contributed by atoms with Gasteiger partial charge in [-0.2, -0.15) is 0 Å². The molecule has 0 saturated heterocycles. The Labute approximate surface area is 158 Å². The fourth-order valence-electron chi connectivity index (χ4n) is 2.68. The summed E-state index contributed by atoms with van der Waals surface area (Å²) >= 11 is 0. The topological polar surface area (TPSA) is 76.1 Å². The first-order chi connectivity index (χ1) is 13.0. The number of nitrogens with zero attached hydrogens (tertiary/aromatic N) is 2. The standard InChI is InChI=1S/C21H22N4O2/c1-14-12-15(2)23-21(22-14)25-18-8-6-17(7-9-18)24-20(26)13-16-4-10-19(27-3)11-5-16/h4-12H,13H2,1-3H3,(H,24,26)(H,22,23,25). The zero-order valence-electron chi connectivity index (χ0n) is 15.6. The lowest BCUT2D eigenvalue weighted by Crippen LogP contribution is -2.14. The van der Waals surface area contributed by atoms with E-state index in [2.05, 4.69) is 20.6 Å². The summed E-state index contributed by atoms with van der Waals surface area (Å²) in [6, 6.07) is 16.8. The zero-order valence-corrected chi connectivity index (χ0v) is 15.6. The van der Waals surface area contributed by atoms with E-state index < -0.39 is 0 Å². The van der Waals surface area contributed by atoms with Gasteiger partial charge in [0.1, 0.15) is 5.75 Å². The van der Waals surface area contributed by atoms with E-state index in [9.17, 15) is 4.79 Å². The van der Waals surface area contributed by atoms with Crippen LogP contribution in [0.2, 0.25) is 0 Å². The summed E-state index contributed by atoms with van der Waals surface area (Å²) in [5.74, 6) is 1.26. The largest absolute Gasteiger partial charge is 0.497 e. The summed E-state index contributed by atoms with van der Waals surface area (Å²) in [6.07, 6.45) is 0.306. The van der Waals surface area contributed by atoms with Gasteiger partial charge in [0.15, 0.2) is 0 Å². The molecule has 138 valence electrons. The second kappa shape index (κ2) is 8.31. The number of amides is 1. The molecule has 0 spiro atoms. The molecule has 6 heteroatoms. The van der Waals surface area contributed by atoms with E-state index in [1.165, 1.54) is 0 Å². The zero-order chi connectivity index (χ0) is 19.2. The van der Waals surface area contributed by atoms with Crippen molar-refractivity contribution in [3.8, 4) is 5.75 Å². The summed E-state index contributed by atoms with van der Waals surface area (Å²) in [5.41, 5.74) is 4.34. The second-order valence-corrected chi connectivity index (χ2v) is 6.25. The number of hydrogen-bond acceptors (Lipinski definition) is 5. The average molecular weight is 362 g/mol. The Morgan fingerprint density at radius 3 is 2.11 bits per heavy atom. The number of benzene rings is 2. The smallest absolute Gasteiger partial charge is 0.228 e. The maximum atomic E-state index is 12.2. The number of anilines is 3. The Hall–Kier alpha value is -3.41. The van der Waals surface area contributed by atoms with Crippen molar-refractivity contribution in [1.29, 1.82) is 0 Å². The van der Waals surface area contributed by atoms with Gasteiger partial charge in [-0.1, -0.05) is 12.1 Å². The van der Waals surface area contributed by atoms with E-state index in [0.29, 0.717) is 12.4 Å². The first-order valence-electron chi connectivity index (χ1n) is 8.64. The van der Waals surface area contributed by atoms with Gasteiger partial charge < -0.3 is 15.4 Å². The molecule has 1 aromatic heterocycles. The summed E-state index contributed by atoms with van der Waals surface area (Å²) in [4.78, 5) is 20.9. The highest BCUT2D eigenvalue weighted by Crippen LogP contribution is 2.18.